The Balaban J connectivity index is 1.42. The van der Waals surface area contributed by atoms with Crippen molar-refractivity contribution in [2.24, 2.45) is 0 Å². The zero-order chi connectivity index (χ0) is 18.4. The van der Waals surface area contributed by atoms with Gasteiger partial charge in [-0.15, -0.1) is 0 Å². The van der Waals surface area contributed by atoms with E-state index in [1.165, 1.54) is 6.07 Å². The van der Waals surface area contributed by atoms with Crippen LogP contribution in [0.5, 0.6) is 0 Å². The number of anilines is 2. The van der Waals surface area contributed by atoms with Gasteiger partial charge in [-0.1, -0.05) is 12.1 Å². The number of carbonyl (C=O) groups is 1. The number of carbonyl (C=O) groups excluding carboxylic acids is 1. The van der Waals surface area contributed by atoms with Crippen LogP contribution in [0.4, 0.5) is 15.8 Å². The second kappa shape index (κ2) is 8.45. The molecule has 0 unspecified atom stereocenters. The minimum atomic E-state index is -0.192. The van der Waals surface area contributed by atoms with Gasteiger partial charge < -0.3 is 10.2 Å². The van der Waals surface area contributed by atoms with E-state index in [-0.39, 0.29) is 11.7 Å². The molecule has 0 radical (unpaired) electrons. The van der Waals surface area contributed by atoms with Gasteiger partial charge in [-0.2, -0.15) is 5.26 Å². The molecule has 0 spiro atoms. The first kappa shape index (κ1) is 17.9. The van der Waals surface area contributed by atoms with Crippen LogP contribution in [0.1, 0.15) is 12.0 Å². The number of benzene rings is 2. The quantitative estimate of drug-likeness (QED) is 0.899. The lowest BCUT2D eigenvalue weighted by Crippen LogP contribution is -2.47. The van der Waals surface area contributed by atoms with Crippen molar-refractivity contribution < 1.29 is 9.18 Å². The predicted octanol–water partition coefficient (Wildman–Crippen LogP) is 2.85. The molecule has 0 aromatic heterocycles. The van der Waals surface area contributed by atoms with E-state index in [0.29, 0.717) is 29.9 Å². The van der Waals surface area contributed by atoms with E-state index < -0.39 is 0 Å². The number of rotatable bonds is 5. The fourth-order valence-electron chi connectivity index (χ4n) is 3.03. The molecule has 2 aromatic rings. The minimum absolute atomic E-state index is 0.0498. The van der Waals surface area contributed by atoms with Crippen molar-refractivity contribution in [2.45, 2.75) is 6.42 Å². The van der Waals surface area contributed by atoms with Gasteiger partial charge in [0, 0.05) is 44.8 Å². The molecule has 1 saturated heterocycles. The van der Waals surface area contributed by atoms with Crippen LogP contribution in [0.2, 0.25) is 0 Å². The summed E-state index contributed by atoms with van der Waals surface area (Å²) < 4.78 is 13.9. The van der Waals surface area contributed by atoms with E-state index in [1.54, 1.807) is 36.4 Å². The van der Waals surface area contributed by atoms with Crippen molar-refractivity contribution in [2.75, 3.05) is 42.9 Å². The molecule has 1 amide bonds. The highest BCUT2D eigenvalue weighted by molar-refractivity contribution is 5.90. The largest absolute Gasteiger partial charge is 0.367 e. The summed E-state index contributed by atoms with van der Waals surface area (Å²) in [6.07, 6.45) is 0.402. The Morgan fingerprint density at radius 1 is 1.08 bits per heavy atom. The molecular formula is C20H21FN4O. The minimum Gasteiger partial charge on any atom is -0.367 e. The number of nitrogens with zero attached hydrogens (tertiary/aromatic N) is 3. The SMILES string of the molecule is N#Cc1ccc(NC(=O)CCN2CCN(c3ccccc3F)CC2)cc1. The first-order chi connectivity index (χ1) is 12.7. The van der Waals surface area contributed by atoms with E-state index in [4.69, 9.17) is 5.26 Å². The molecule has 0 saturated carbocycles. The van der Waals surface area contributed by atoms with Crippen molar-refractivity contribution in [3.05, 3.63) is 59.9 Å². The Morgan fingerprint density at radius 2 is 1.77 bits per heavy atom. The first-order valence-corrected chi connectivity index (χ1v) is 8.67. The number of hydrogen-bond donors (Lipinski definition) is 1. The number of halogens is 1. The molecule has 2 aromatic carbocycles. The van der Waals surface area contributed by atoms with Crippen molar-refractivity contribution >= 4 is 17.3 Å². The normalized spacial score (nSPS) is 14.7. The average Bonchev–Trinajstić information content (AvgIpc) is 2.68. The molecule has 0 atom stereocenters. The predicted molar refractivity (Wildman–Crippen MR) is 99.5 cm³/mol. The van der Waals surface area contributed by atoms with E-state index in [9.17, 15) is 9.18 Å². The third-order valence-corrected chi connectivity index (χ3v) is 4.52. The van der Waals surface area contributed by atoms with Crippen molar-refractivity contribution in [3.63, 3.8) is 0 Å². The Kier molecular flexibility index (Phi) is 5.82. The summed E-state index contributed by atoms with van der Waals surface area (Å²) in [5.41, 5.74) is 1.90. The molecule has 1 heterocycles. The lowest BCUT2D eigenvalue weighted by molar-refractivity contribution is -0.116. The molecule has 3 rings (SSSR count). The van der Waals surface area contributed by atoms with E-state index in [2.05, 4.69) is 10.2 Å². The number of amides is 1. The maximum Gasteiger partial charge on any atom is 0.225 e. The van der Waals surface area contributed by atoms with Crippen LogP contribution in [0.25, 0.3) is 0 Å². The molecule has 1 N–H and O–H groups in total. The third kappa shape index (κ3) is 4.58. The highest BCUT2D eigenvalue weighted by atomic mass is 19.1. The van der Waals surface area contributed by atoms with E-state index in [0.717, 1.165) is 26.2 Å². The van der Waals surface area contributed by atoms with Gasteiger partial charge in [0.15, 0.2) is 0 Å². The lowest BCUT2D eigenvalue weighted by atomic mass is 10.2. The maximum atomic E-state index is 13.9. The summed E-state index contributed by atoms with van der Waals surface area (Å²) in [7, 11) is 0. The maximum absolute atomic E-state index is 13.9. The van der Waals surface area contributed by atoms with Crippen LogP contribution in [0.3, 0.4) is 0 Å². The lowest BCUT2D eigenvalue weighted by Gasteiger charge is -2.36. The number of para-hydroxylation sites is 1. The topological polar surface area (TPSA) is 59.4 Å². The Hall–Kier alpha value is -2.91. The van der Waals surface area contributed by atoms with Gasteiger partial charge in [-0.05, 0) is 36.4 Å². The molecule has 1 aliphatic rings. The Bertz CT molecular complexity index is 792. The van der Waals surface area contributed by atoms with Crippen LogP contribution in [0, 0.1) is 17.1 Å². The molecule has 134 valence electrons. The summed E-state index contributed by atoms with van der Waals surface area (Å²) in [4.78, 5) is 16.3. The van der Waals surface area contributed by atoms with Crippen LogP contribution < -0.4 is 10.2 Å². The number of piperazine rings is 1. The molecular weight excluding hydrogens is 331 g/mol. The smallest absolute Gasteiger partial charge is 0.225 e. The second-order valence-corrected chi connectivity index (χ2v) is 6.27. The van der Waals surface area contributed by atoms with Gasteiger partial charge in [0.25, 0.3) is 0 Å². The highest BCUT2D eigenvalue weighted by Gasteiger charge is 2.19. The summed E-state index contributed by atoms with van der Waals surface area (Å²) >= 11 is 0. The fraction of sp³-hybridized carbons (Fsp3) is 0.300. The molecule has 1 aliphatic heterocycles. The zero-order valence-electron chi connectivity index (χ0n) is 14.5. The van der Waals surface area contributed by atoms with E-state index in [1.807, 2.05) is 17.0 Å². The van der Waals surface area contributed by atoms with Gasteiger partial charge in [0.1, 0.15) is 5.82 Å². The summed E-state index contributed by atoms with van der Waals surface area (Å²) in [6.45, 7) is 3.78. The van der Waals surface area contributed by atoms with Gasteiger partial charge >= 0.3 is 0 Å². The second-order valence-electron chi connectivity index (χ2n) is 6.27. The molecule has 5 nitrogen and oxygen atoms in total. The zero-order valence-corrected chi connectivity index (χ0v) is 14.5. The first-order valence-electron chi connectivity index (χ1n) is 8.67. The summed E-state index contributed by atoms with van der Waals surface area (Å²) in [5.74, 6) is -0.242. The van der Waals surface area contributed by atoms with Crippen molar-refractivity contribution in [3.8, 4) is 6.07 Å². The summed E-state index contributed by atoms with van der Waals surface area (Å²) in [6, 6.07) is 15.7. The molecule has 6 heteroatoms. The average molecular weight is 352 g/mol. The van der Waals surface area contributed by atoms with Crippen LogP contribution in [0.15, 0.2) is 48.5 Å². The van der Waals surface area contributed by atoms with Crippen LogP contribution in [-0.4, -0.2) is 43.5 Å². The van der Waals surface area contributed by atoms with Crippen LogP contribution >= 0.6 is 0 Å². The highest BCUT2D eigenvalue weighted by Crippen LogP contribution is 2.20. The van der Waals surface area contributed by atoms with Crippen molar-refractivity contribution in [1.82, 2.24) is 4.90 Å². The summed E-state index contributed by atoms with van der Waals surface area (Å²) in [5, 5.41) is 11.6. The van der Waals surface area contributed by atoms with Gasteiger partial charge in [0.2, 0.25) is 5.91 Å². The van der Waals surface area contributed by atoms with Gasteiger partial charge in [0.05, 0.1) is 17.3 Å². The standard InChI is InChI=1S/C20H21FN4O/c21-18-3-1-2-4-19(18)25-13-11-24(12-14-25)10-9-20(26)23-17-7-5-16(15-22)6-8-17/h1-8H,9-14H2,(H,23,26). The monoisotopic (exact) mass is 352 g/mol. The van der Waals surface area contributed by atoms with Gasteiger partial charge in [-0.3, -0.25) is 9.69 Å². The molecule has 0 bridgehead atoms. The molecule has 1 fully saturated rings. The fourth-order valence-corrected chi connectivity index (χ4v) is 3.03. The molecule has 26 heavy (non-hydrogen) atoms. The number of nitrogens with one attached hydrogen (secondary N) is 1. The van der Waals surface area contributed by atoms with E-state index >= 15 is 0 Å². The molecule has 0 aliphatic carbocycles. The van der Waals surface area contributed by atoms with Gasteiger partial charge in [-0.25, -0.2) is 4.39 Å². The number of hydrogen-bond acceptors (Lipinski definition) is 4. The number of nitriles is 1. The Labute approximate surface area is 152 Å². The Morgan fingerprint density at radius 3 is 2.42 bits per heavy atom. The van der Waals surface area contributed by atoms with Crippen molar-refractivity contribution in [1.29, 1.82) is 5.26 Å². The third-order valence-electron chi connectivity index (χ3n) is 4.52. The van der Waals surface area contributed by atoms with Crippen LogP contribution in [-0.2, 0) is 4.79 Å².